The summed E-state index contributed by atoms with van der Waals surface area (Å²) in [7, 11) is 1.50. The third-order valence-corrected chi connectivity index (χ3v) is 4.87. The van der Waals surface area contributed by atoms with Gasteiger partial charge in [-0.1, -0.05) is 5.16 Å². The Morgan fingerprint density at radius 2 is 2.10 bits per heavy atom. The van der Waals surface area contributed by atoms with Crippen LogP contribution in [0.1, 0.15) is 17.6 Å². The Hall–Kier alpha value is -3.66. The zero-order valence-electron chi connectivity index (χ0n) is 17.1. The van der Waals surface area contributed by atoms with E-state index in [4.69, 9.17) is 19.7 Å². The fourth-order valence-corrected chi connectivity index (χ4v) is 3.36. The zero-order valence-corrected chi connectivity index (χ0v) is 17.1. The van der Waals surface area contributed by atoms with Crippen LogP contribution in [0.15, 0.2) is 40.9 Å². The number of methoxy groups -OCH3 is 1. The fourth-order valence-electron chi connectivity index (χ4n) is 3.36. The maximum atomic E-state index is 13.0. The number of hydrogen-bond donors (Lipinski definition) is 2. The summed E-state index contributed by atoms with van der Waals surface area (Å²) in [5, 5.41) is 7.09. The van der Waals surface area contributed by atoms with Crippen LogP contribution in [0, 0.1) is 6.92 Å². The van der Waals surface area contributed by atoms with Crippen LogP contribution in [0.2, 0.25) is 0 Å². The number of rotatable bonds is 7. The van der Waals surface area contributed by atoms with E-state index >= 15 is 0 Å². The van der Waals surface area contributed by atoms with Gasteiger partial charge in [0.2, 0.25) is 11.7 Å². The largest absolute Gasteiger partial charge is 0.493 e. The molecule has 1 amide bonds. The quantitative estimate of drug-likeness (QED) is 0.553. The topological polar surface area (TPSA) is 116 Å². The summed E-state index contributed by atoms with van der Waals surface area (Å²) in [5.41, 5.74) is 9.02. The maximum Gasteiger partial charge on any atom is 0.265 e. The van der Waals surface area contributed by atoms with Gasteiger partial charge in [0.1, 0.15) is 12.8 Å². The molecule has 0 radical (unpaired) electrons. The van der Waals surface area contributed by atoms with Crippen LogP contribution in [0.25, 0.3) is 11.4 Å². The maximum absolute atomic E-state index is 13.0. The molecule has 1 atom stereocenters. The summed E-state index contributed by atoms with van der Waals surface area (Å²) in [6.07, 6.45) is -0.623. The van der Waals surface area contributed by atoms with Crippen molar-refractivity contribution in [3.05, 3.63) is 47.9 Å². The standard InChI is InChI=1S/C21H22FN5O4/c1-12-24-21(26-31-12)13-3-5-15(6-4-13)25-20(23)14-9-16-19(17(10-14)29-2)30-11-18(28)27(16)8-7-22/h3-6,9-10,20,25H,7-8,11,23H2,1-2H3. The van der Waals surface area contributed by atoms with Crippen molar-refractivity contribution in [3.8, 4) is 22.9 Å². The molecular formula is C21H22FN5O4. The summed E-state index contributed by atoms with van der Waals surface area (Å²) in [6, 6.07) is 10.8. The summed E-state index contributed by atoms with van der Waals surface area (Å²) in [4.78, 5) is 17.7. The van der Waals surface area contributed by atoms with E-state index in [1.807, 2.05) is 24.3 Å². The SMILES string of the molecule is COc1cc(C(N)Nc2ccc(-c3noc(C)n3)cc2)cc2c1OCC(=O)N2CCF. The number of aromatic nitrogens is 2. The number of aryl methyl sites for hydroxylation is 1. The number of carbonyl (C=O) groups is 1. The minimum Gasteiger partial charge on any atom is -0.493 e. The van der Waals surface area contributed by atoms with Crippen molar-refractivity contribution in [2.24, 2.45) is 5.73 Å². The van der Waals surface area contributed by atoms with E-state index < -0.39 is 12.8 Å². The molecule has 3 N–H and O–H groups in total. The second kappa shape index (κ2) is 8.60. The van der Waals surface area contributed by atoms with Crippen LogP contribution in [0.4, 0.5) is 15.8 Å². The van der Waals surface area contributed by atoms with E-state index in [1.165, 1.54) is 12.0 Å². The number of alkyl halides is 1. The Labute approximate surface area is 177 Å². The number of benzene rings is 2. The zero-order chi connectivity index (χ0) is 22.0. The molecule has 1 aliphatic rings. The lowest BCUT2D eigenvalue weighted by Gasteiger charge is -2.31. The molecule has 10 heteroatoms. The van der Waals surface area contributed by atoms with E-state index in [0.29, 0.717) is 34.5 Å². The summed E-state index contributed by atoms with van der Waals surface area (Å²) in [6.45, 7) is 0.820. The van der Waals surface area contributed by atoms with E-state index in [1.54, 1.807) is 19.1 Å². The van der Waals surface area contributed by atoms with Crippen LogP contribution >= 0.6 is 0 Å². The highest BCUT2D eigenvalue weighted by atomic mass is 19.1. The van der Waals surface area contributed by atoms with Crippen molar-refractivity contribution in [2.75, 3.05) is 37.2 Å². The molecule has 1 aliphatic heterocycles. The average Bonchev–Trinajstić information content (AvgIpc) is 3.21. The number of carbonyl (C=O) groups excluding carboxylic acids is 1. The minimum absolute atomic E-state index is 0.0680. The third kappa shape index (κ3) is 4.15. The normalized spacial score (nSPS) is 14.1. The van der Waals surface area contributed by atoms with E-state index in [2.05, 4.69) is 15.5 Å². The lowest BCUT2D eigenvalue weighted by molar-refractivity contribution is -0.121. The third-order valence-electron chi connectivity index (χ3n) is 4.87. The van der Waals surface area contributed by atoms with Crippen molar-refractivity contribution in [2.45, 2.75) is 13.1 Å². The Balaban J connectivity index is 1.58. The van der Waals surface area contributed by atoms with Crippen molar-refractivity contribution in [1.82, 2.24) is 10.1 Å². The van der Waals surface area contributed by atoms with Gasteiger partial charge in [0.25, 0.3) is 5.91 Å². The molecule has 0 saturated heterocycles. The molecule has 0 saturated carbocycles. The van der Waals surface area contributed by atoms with Gasteiger partial charge in [-0.2, -0.15) is 4.98 Å². The van der Waals surface area contributed by atoms with Crippen molar-refractivity contribution < 1.29 is 23.2 Å². The number of hydrogen-bond acceptors (Lipinski definition) is 8. The van der Waals surface area contributed by atoms with Gasteiger partial charge >= 0.3 is 0 Å². The monoisotopic (exact) mass is 427 g/mol. The van der Waals surface area contributed by atoms with Gasteiger partial charge in [0.15, 0.2) is 18.1 Å². The van der Waals surface area contributed by atoms with Crippen molar-refractivity contribution in [3.63, 3.8) is 0 Å². The number of amides is 1. The summed E-state index contributed by atoms with van der Waals surface area (Å²) < 4.78 is 29.0. The Bertz CT molecular complexity index is 1090. The summed E-state index contributed by atoms with van der Waals surface area (Å²) in [5.74, 6) is 1.49. The highest BCUT2D eigenvalue weighted by Gasteiger charge is 2.29. The number of anilines is 2. The molecular weight excluding hydrogens is 405 g/mol. The molecule has 4 rings (SSSR count). The number of nitrogens with zero attached hydrogens (tertiary/aromatic N) is 3. The van der Waals surface area contributed by atoms with Gasteiger partial charge in [-0.25, -0.2) is 4.39 Å². The van der Waals surface area contributed by atoms with Gasteiger partial charge in [-0.15, -0.1) is 0 Å². The van der Waals surface area contributed by atoms with Crippen molar-refractivity contribution >= 4 is 17.3 Å². The Kier molecular flexibility index (Phi) is 5.72. The minimum atomic E-state index is -0.672. The first-order valence-electron chi connectivity index (χ1n) is 9.64. The van der Waals surface area contributed by atoms with Gasteiger partial charge in [-0.3, -0.25) is 4.79 Å². The number of fused-ring (bicyclic) bond motifs is 1. The predicted molar refractivity (Wildman–Crippen MR) is 112 cm³/mol. The molecule has 0 fully saturated rings. The first kappa shape index (κ1) is 20.6. The van der Waals surface area contributed by atoms with Gasteiger partial charge in [-0.05, 0) is 42.0 Å². The highest BCUT2D eigenvalue weighted by Crippen LogP contribution is 2.42. The highest BCUT2D eigenvalue weighted by molar-refractivity contribution is 5.98. The Morgan fingerprint density at radius 1 is 1.32 bits per heavy atom. The van der Waals surface area contributed by atoms with Crippen LogP contribution in [-0.2, 0) is 4.79 Å². The Morgan fingerprint density at radius 3 is 2.74 bits per heavy atom. The van der Waals surface area contributed by atoms with E-state index in [-0.39, 0.29) is 19.1 Å². The number of nitrogens with one attached hydrogen (secondary N) is 1. The first-order chi connectivity index (χ1) is 15.0. The molecule has 3 aromatic rings. The molecule has 0 bridgehead atoms. The molecule has 1 aromatic heterocycles. The molecule has 9 nitrogen and oxygen atoms in total. The van der Waals surface area contributed by atoms with Crippen LogP contribution in [0.3, 0.4) is 0 Å². The van der Waals surface area contributed by atoms with Crippen LogP contribution in [0.5, 0.6) is 11.5 Å². The average molecular weight is 427 g/mol. The molecule has 2 aromatic carbocycles. The molecule has 2 heterocycles. The lowest BCUT2D eigenvalue weighted by atomic mass is 10.1. The lowest BCUT2D eigenvalue weighted by Crippen LogP contribution is -2.40. The number of nitrogens with two attached hydrogens (primary N) is 1. The van der Waals surface area contributed by atoms with E-state index in [9.17, 15) is 9.18 Å². The molecule has 0 aliphatic carbocycles. The first-order valence-corrected chi connectivity index (χ1v) is 9.64. The molecule has 1 unspecified atom stereocenters. The van der Waals surface area contributed by atoms with Crippen LogP contribution in [-0.4, -0.2) is 43.0 Å². The number of halogens is 1. The van der Waals surface area contributed by atoms with E-state index in [0.717, 1.165) is 11.3 Å². The predicted octanol–water partition coefficient (Wildman–Crippen LogP) is 2.82. The molecule has 31 heavy (non-hydrogen) atoms. The van der Waals surface area contributed by atoms with Crippen molar-refractivity contribution in [1.29, 1.82) is 0 Å². The van der Waals surface area contributed by atoms with Crippen LogP contribution < -0.4 is 25.4 Å². The second-order valence-electron chi connectivity index (χ2n) is 6.93. The second-order valence-corrected chi connectivity index (χ2v) is 6.93. The number of ether oxygens (including phenoxy) is 2. The summed E-state index contributed by atoms with van der Waals surface area (Å²) >= 11 is 0. The van der Waals surface area contributed by atoms with Gasteiger partial charge in [0.05, 0.1) is 19.3 Å². The molecule has 162 valence electrons. The van der Waals surface area contributed by atoms with Gasteiger partial charge in [0, 0.05) is 18.2 Å². The smallest absolute Gasteiger partial charge is 0.265 e. The fraction of sp³-hybridized carbons (Fsp3) is 0.286. The van der Waals surface area contributed by atoms with Gasteiger partial charge < -0.3 is 29.9 Å². The molecule has 0 spiro atoms.